The van der Waals surface area contributed by atoms with Crippen molar-refractivity contribution in [3.63, 3.8) is 0 Å². The molecule has 3 aliphatic rings. The summed E-state index contributed by atoms with van der Waals surface area (Å²) in [6.07, 6.45) is 4.21. The molecule has 3 aromatic carbocycles. The van der Waals surface area contributed by atoms with Gasteiger partial charge < -0.3 is 34.8 Å². The van der Waals surface area contributed by atoms with Crippen LogP contribution in [-0.4, -0.2) is 69.2 Å². The van der Waals surface area contributed by atoms with E-state index < -0.39 is 0 Å². The van der Waals surface area contributed by atoms with Crippen LogP contribution in [0.25, 0.3) is 11.3 Å². The van der Waals surface area contributed by atoms with Crippen LogP contribution >= 0.6 is 0 Å². The predicted molar refractivity (Wildman–Crippen MR) is 197 cm³/mol. The second kappa shape index (κ2) is 13.9. The maximum atomic E-state index is 14.8. The minimum atomic E-state index is -0.321. The van der Waals surface area contributed by atoms with E-state index in [1.165, 1.54) is 5.56 Å². The van der Waals surface area contributed by atoms with Crippen molar-refractivity contribution >= 4 is 23.6 Å². The van der Waals surface area contributed by atoms with Crippen LogP contribution in [0, 0.1) is 6.92 Å². The Balaban J connectivity index is 1.24. The average Bonchev–Trinajstić information content (AvgIpc) is 3.43. The van der Waals surface area contributed by atoms with Gasteiger partial charge in [-0.15, -0.1) is 0 Å². The molecule has 1 fully saturated rings. The van der Waals surface area contributed by atoms with E-state index in [2.05, 4.69) is 25.1 Å². The molecule has 4 aromatic rings. The minimum Gasteiger partial charge on any atom is -0.508 e. The van der Waals surface area contributed by atoms with Crippen molar-refractivity contribution in [1.82, 2.24) is 14.4 Å². The first kappa shape index (κ1) is 34.4. The van der Waals surface area contributed by atoms with Gasteiger partial charge in [-0.1, -0.05) is 24.3 Å². The number of ether oxygens (including phenoxy) is 1. The standard InChI is InChI=1S/C41H47N5O5/c1-25-19-27-7-5-6-8-29(27)24-46(25)40(49)37-21-30-23-45(41(50)51-34-15-9-31(42)10-16-34)18-17-28(30)20-36(37)38-22-35(26(2)43(38)3)39(48)44(4)32-11-13-33(47)14-12-32/h5-8,11-14,20-22,25,31,34,47H,9-10,15-19,23-24,42H2,1-4H3/t25-,31?,34?/m1/s1. The van der Waals surface area contributed by atoms with E-state index in [9.17, 15) is 19.5 Å². The zero-order valence-corrected chi connectivity index (χ0v) is 29.9. The lowest BCUT2D eigenvalue weighted by Gasteiger charge is -2.36. The molecule has 0 spiro atoms. The quantitative estimate of drug-likeness (QED) is 0.253. The first-order valence-corrected chi connectivity index (χ1v) is 18.0. The Morgan fingerprint density at radius 1 is 0.882 bits per heavy atom. The third kappa shape index (κ3) is 6.72. The Morgan fingerprint density at radius 3 is 2.31 bits per heavy atom. The van der Waals surface area contributed by atoms with E-state index in [1.807, 2.05) is 47.7 Å². The van der Waals surface area contributed by atoms with Crippen LogP contribution in [0.3, 0.4) is 0 Å². The van der Waals surface area contributed by atoms with Crippen molar-refractivity contribution < 1.29 is 24.2 Å². The number of carbonyl (C=O) groups is 3. The number of benzene rings is 3. The lowest BCUT2D eigenvalue weighted by molar-refractivity contribution is 0.0405. The summed E-state index contributed by atoms with van der Waals surface area (Å²) in [7, 11) is 3.63. The Bertz CT molecular complexity index is 1980. The number of amides is 3. The number of phenols is 1. The molecule has 7 rings (SSSR count). The summed E-state index contributed by atoms with van der Waals surface area (Å²) in [5, 5.41) is 9.77. The molecule has 3 amide bonds. The van der Waals surface area contributed by atoms with E-state index in [-0.39, 0.29) is 41.8 Å². The SMILES string of the molecule is Cc1c(C(=O)N(C)c2ccc(O)cc2)cc(-c2cc3c(cc2C(=O)N2Cc4ccccc4C[C@H]2C)CN(C(=O)OC2CCC(N)CC2)CC3)n1C. The highest BCUT2D eigenvalue weighted by molar-refractivity contribution is 6.08. The van der Waals surface area contributed by atoms with E-state index >= 15 is 0 Å². The molecule has 1 aromatic heterocycles. The number of nitrogens with two attached hydrogens (primary N) is 1. The smallest absolute Gasteiger partial charge is 0.410 e. The van der Waals surface area contributed by atoms with E-state index in [0.29, 0.717) is 42.9 Å². The van der Waals surface area contributed by atoms with Gasteiger partial charge in [0.05, 0.1) is 5.56 Å². The zero-order chi connectivity index (χ0) is 36.0. The van der Waals surface area contributed by atoms with Gasteiger partial charge in [-0.3, -0.25) is 9.59 Å². The topological polar surface area (TPSA) is 121 Å². The van der Waals surface area contributed by atoms with Crippen LogP contribution in [-0.2, 0) is 37.7 Å². The first-order valence-electron chi connectivity index (χ1n) is 18.0. The molecule has 0 radical (unpaired) electrons. The fourth-order valence-electron chi connectivity index (χ4n) is 7.83. The Kier molecular flexibility index (Phi) is 9.37. The largest absolute Gasteiger partial charge is 0.508 e. The lowest BCUT2D eigenvalue weighted by atomic mass is 9.90. The molecule has 1 aliphatic carbocycles. The van der Waals surface area contributed by atoms with Crippen molar-refractivity contribution in [2.75, 3.05) is 18.5 Å². The van der Waals surface area contributed by atoms with Crippen molar-refractivity contribution in [2.45, 2.75) is 83.6 Å². The molecule has 51 heavy (non-hydrogen) atoms. The molecule has 10 nitrogen and oxygen atoms in total. The van der Waals surface area contributed by atoms with Gasteiger partial charge in [-0.25, -0.2) is 4.79 Å². The fourth-order valence-corrected chi connectivity index (χ4v) is 7.83. The molecule has 10 heteroatoms. The monoisotopic (exact) mass is 689 g/mol. The second-order valence-electron chi connectivity index (χ2n) is 14.5. The van der Waals surface area contributed by atoms with Crippen molar-refractivity contribution in [2.24, 2.45) is 12.8 Å². The number of phenolic OH excluding ortho intramolecular Hbond substituents is 1. The van der Waals surface area contributed by atoms with Gasteiger partial charge >= 0.3 is 6.09 Å². The number of aromatic hydroxyl groups is 1. The fraction of sp³-hybridized carbons (Fsp3) is 0.390. The van der Waals surface area contributed by atoms with E-state index in [0.717, 1.165) is 65.7 Å². The molecule has 266 valence electrons. The van der Waals surface area contributed by atoms with Crippen LogP contribution < -0.4 is 10.6 Å². The number of anilines is 1. The summed E-state index contributed by atoms with van der Waals surface area (Å²) in [4.78, 5) is 47.2. The summed E-state index contributed by atoms with van der Waals surface area (Å²) in [6, 6.07) is 20.9. The van der Waals surface area contributed by atoms with Crippen molar-refractivity contribution in [3.8, 4) is 17.0 Å². The molecule has 1 saturated carbocycles. The van der Waals surface area contributed by atoms with Gasteiger partial charge in [-0.2, -0.15) is 0 Å². The number of nitrogens with zero attached hydrogens (tertiary/aromatic N) is 4. The number of hydrogen-bond acceptors (Lipinski definition) is 6. The highest BCUT2D eigenvalue weighted by Gasteiger charge is 2.33. The first-order chi connectivity index (χ1) is 24.5. The summed E-state index contributed by atoms with van der Waals surface area (Å²) in [6.45, 7) is 5.37. The van der Waals surface area contributed by atoms with Gasteiger partial charge in [0.15, 0.2) is 0 Å². The van der Waals surface area contributed by atoms with Crippen LogP contribution in [0.2, 0.25) is 0 Å². The highest BCUT2D eigenvalue weighted by atomic mass is 16.6. The summed E-state index contributed by atoms with van der Waals surface area (Å²) in [5.74, 6) is -0.148. The second-order valence-corrected chi connectivity index (χ2v) is 14.5. The maximum Gasteiger partial charge on any atom is 0.410 e. The van der Waals surface area contributed by atoms with E-state index in [1.54, 1.807) is 41.1 Å². The predicted octanol–water partition coefficient (Wildman–Crippen LogP) is 6.33. The van der Waals surface area contributed by atoms with Gasteiger partial charge in [0.1, 0.15) is 11.9 Å². The minimum absolute atomic E-state index is 0.0161. The number of rotatable bonds is 5. The molecule has 0 bridgehead atoms. The Morgan fingerprint density at radius 2 is 1.59 bits per heavy atom. The average molecular weight is 690 g/mol. The number of fused-ring (bicyclic) bond motifs is 2. The van der Waals surface area contributed by atoms with Gasteiger partial charge in [0.25, 0.3) is 11.8 Å². The van der Waals surface area contributed by atoms with Crippen LogP contribution in [0.5, 0.6) is 5.75 Å². The molecular formula is C41H47N5O5. The maximum absolute atomic E-state index is 14.8. The zero-order valence-electron chi connectivity index (χ0n) is 29.9. The van der Waals surface area contributed by atoms with Crippen LogP contribution in [0.1, 0.15) is 81.3 Å². The van der Waals surface area contributed by atoms with Crippen molar-refractivity contribution in [3.05, 3.63) is 106 Å². The summed E-state index contributed by atoms with van der Waals surface area (Å²) in [5.41, 5.74) is 14.5. The molecule has 3 N–H and O–H groups in total. The third-order valence-electron chi connectivity index (χ3n) is 11.2. The molecule has 1 atom stereocenters. The van der Waals surface area contributed by atoms with E-state index in [4.69, 9.17) is 10.5 Å². The molecule has 0 unspecified atom stereocenters. The molecular weight excluding hydrogens is 642 g/mol. The normalized spacial score (nSPS) is 20.0. The Hall–Kier alpha value is -5.09. The van der Waals surface area contributed by atoms with Crippen LogP contribution in [0.4, 0.5) is 10.5 Å². The molecule has 2 aliphatic heterocycles. The van der Waals surface area contributed by atoms with Crippen LogP contribution in [0.15, 0.2) is 66.7 Å². The third-order valence-corrected chi connectivity index (χ3v) is 11.2. The summed E-state index contributed by atoms with van der Waals surface area (Å²) < 4.78 is 7.90. The van der Waals surface area contributed by atoms with Crippen molar-refractivity contribution in [1.29, 1.82) is 0 Å². The highest BCUT2D eigenvalue weighted by Crippen LogP contribution is 2.36. The molecule has 3 heterocycles. The molecule has 0 saturated heterocycles. The van der Waals surface area contributed by atoms with Gasteiger partial charge in [-0.05, 0) is 117 Å². The van der Waals surface area contributed by atoms with Gasteiger partial charge in [0, 0.05) is 74.0 Å². The lowest BCUT2D eigenvalue weighted by Crippen LogP contribution is -2.43. The number of carbonyl (C=O) groups excluding carboxylic acids is 3. The number of hydrogen-bond donors (Lipinski definition) is 2. The number of aromatic nitrogens is 1. The summed E-state index contributed by atoms with van der Waals surface area (Å²) >= 11 is 0. The van der Waals surface area contributed by atoms with Gasteiger partial charge in [0.2, 0.25) is 0 Å². The Labute approximate surface area is 299 Å².